The monoisotopic (exact) mass is 294 g/mol. The molecular weight excluding hydrogens is 286 g/mol. The SMILES string of the molecule is Cn1nccc1-c1cc(C(F)(F)F)ccc1C(F)(F)F. The molecule has 0 aliphatic rings. The maximum absolute atomic E-state index is 12.9. The molecule has 0 saturated heterocycles. The number of rotatable bonds is 1. The highest BCUT2D eigenvalue weighted by molar-refractivity contribution is 5.66. The molecule has 0 amide bonds. The van der Waals surface area contributed by atoms with Crippen molar-refractivity contribution in [2.45, 2.75) is 12.4 Å². The van der Waals surface area contributed by atoms with Crippen LogP contribution in [0.5, 0.6) is 0 Å². The predicted octanol–water partition coefficient (Wildman–Crippen LogP) is 4.12. The highest BCUT2D eigenvalue weighted by atomic mass is 19.4. The van der Waals surface area contributed by atoms with E-state index in [4.69, 9.17) is 0 Å². The van der Waals surface area contributed by atoms with Crippen LogP contribution in [0.15, 0.2) is 30.5 Å². The van der Waals surface area contributed by atoms with Gasteiger partial charge in [-0.25, -0.2) is 0 Å². The highest BCUT2D eigenvalue weighted by Gasteiger charge is 2.37. The van der Waals surface area contributed by atoms with E-state index in [2.05, 4.69) is 5.10 Å². The van der Waals surface area contributed by atoms with Gasteiger partial charge in [-0.15, -0.1) is 0 Å². The molecule has 1 heterocycles. The van der Waals surface area contributed by atoms with Crippen molar-refractivity contribution in [1.82, 2.24) is 9.78 Å². The van der Waals surface area contributed by atoms with Gasteiger partial charge in [0.2, 0.25) is 0 Å². The minimum absolute atomic E-state index is 0.0385. The van der Waals surface area contributed by atoms with Crippen LogP contribution >= 0.6 is 0 Å². The van der Waals surface area contributed by atoms with E-state index in [1.807, 2.05) is 0 Å². The maximum Gasteiger partial charge on any atom is 0.417 e. The van der Waals surface area contributed by atoms with Gasteiger partial charge in [-0.05, 0) is 24.3 Å². The highest BCUT2D eigenvalue weighted by Crippen LogP contribution is 2.40. The molecule has 0 unspecified atom stereocenters. The van der Waals surface area contributed by atoms with E-state index in [1.165, 1.54) is 19.3 Å². The lowest BCUT2D eigenvalue weighted by atomic mass is 10.0. The van der Waals surface area contributed by atoms with Gasteiger partial charge >= 0.3 is 12.4 Å². The zero-order chi connectivity index (χ0) is 15.1. The summed E-state index contributed by atoms with van der Waals surface area (Å²) >= 11 is 0. The van der Waals surface area contributed by atoms with Gasteiger partial charge in [0.15, 0.2) is 0 Å². The lowest BCUT2D eigenvalue weighted by molar-refractivity contribution is -0.141. The minimum Gasteiger partial charge on any atom is -0.268 e. The summed E-state index contributed by atoms with van der Waals surface area (Å²) < 4.78 is 77.7. The Kier molecular flexibility index (Phi) is 3.27. The summed E-state index contributed by atoms with van der Waals surface area (Å²) in [6, 6.07) is 2.57. The summed E-state index contributed by atoms with van der Waals surface area (Å²) in [7, 11) is 1.36. The number of aryl methyl sites for hydroxylation is 1. The Morgan fingerprint density at radius 1 is 0.950 bits per heavy atom. The maximum atomic E-state index is 12.9. The normalized spacial score (nSPS) is 12.8. The quantitative estimate of drug-likeness (QED) is 0.723. The van der Waals surface area contributed by atoms with Crippen LogP contribution in [0.4, 0.5) is 26.3 Å². The van der Waals surface area contributed by atoms with E-state index in [9.17, 15) is 26.3 Å². The van der Waals surface area contributed by atoms with Crippen LogP contribution in [0.25, 0.3) is 11.3 Å². The number of nitrogens with zero attached hydrogens (tertiary/aromatic N) is 2. The lowest BCUT2D eigenvalue weighted by Gasteiger charge is -2.15. The van der Waals surface area contributed by atoms with Crippen molar-refractivity contribution in [3.8, 4) is 11.3 Å². The molecule has 0 bridgehead atoms. The molecule has 0 atom stereocenters. The lowest BCUT2D eigenvalue weighted by Crippen LogP contribution is -2.12. The average Bonchev–Trinajstić information content (AvgIpc) is 2.72. The molecule has 108 valence electrons. The van der Waals surface area contributed by atoms with Crippen LogP contribution in [0, 0.1) is 0 Å². The summed E-state index contributed by atoms with van der Waals surface area (Å²) in [5, 5.41) is 3.68. The topological polar surface area (TPSA) is 17.8 Å². The first-order valence-electron chi connectivity index (χ1n) is 5.37. The molecule has 2 nitrogen and oxygen atoms in total. The Labute approximate surface area is 109 Å². The van der Waals surface area contributed by atoms with Crippen molar-refractivity contribution in [2.24, 2.45) is 7.05 Å². The molecule has 0 fully saturated rings. The molecule has 0 aliphatic heterocycles. The molecule has 20 heavy (non-hydrogen) atoms. The van der Waals surface area contributed by atoms with E-state index < -0.39 is 29.0 Å². The van der Waals surface area contributed by atoms with Gasteiger partial charge in [-0.1, -0.05) is 0 Å². The van der Waals surface area contributed by atoms with Crippen LogP contribution in [-0.2, 0) is 19.4 Å². The molecule has 1 aromatic heterocycles. The van der Waals surface area contributed by atoms with E-state index in [0.717, 1.165) is 4.68 Å². The summed E-state index contributed by atoms with van der Waals surface area (Å²) in [6.07, 6.45) is -8.24. The number of aromatic nitrogens is 2. The molecule has 1 aromatic carbocycles. The summed E-state index contributed by atoms with van der Waals surface area (Å²) in [4.78, 5) is 0. The Bertz CT molecular complexity index is 624. The summed E-state index contributed by atoms with van der Waals surface area (Å²) in [5.41, 5.74) is -2.86. The fraction of sp³-hybridized carbons (Fsp3) is 0.250. The molecule has 0 radical (unpaired) electrons. The van der Waals surface area contributed by atoms with Crippen molar-refractivity contribution in [2.75, 3.05) is 0 Å². The van der Waals surface area contributed by atoms with Gasteiger partial charge in [0.1, 0.15) is 0 Å². The van der Waals surface area contributed by atoms with E-state index in [0.29, 0.717) is 18.2 Å². The van der Waals surface area contributed by atoms with Crippen molar-refractivity contribution in [1.29, 1.82) is 0 Å². The summed E-state index contributed by atoms with van der Waals surface area (Å²) in [5.74, 6) is 0. The standard InChI is InChI=1S/C12H8F6N2/c1-20-10(4-5-19-20)8-6-7(11(13,14)15)2-3-9(8)12(16,17)18/h2-6H,1H3. The van der Waals surface area contributed by atoms with Gasteiger partial charge in [0, 0.05) is 18.8 Å². The Morgan fingerprint density at radius 2 is 1.60 bits per heavy atom. The van der Waals surface area contributed by atoms with E-state index >= 15 is 0 Å². The third-order valence-corrected chi connectivity index (χ3v) is 2.75. The van der Waals surface area contributed by atoms with Crippen LogP contribution in [0.3, 0.4) is 0 Å². The first-order valence-corrected chi connectivity index (χ1v) is 5.37. The van der Waals surface area contributed by atoms with Crippen molar-refractivity contribution in [3.63, 3.8) is 0 Å². The van der Waals surface area contributed by atoms with Crippen LogP contribution < -0.4 is 0 Å². The number of hydrogen-bond donors (Lipinski definition) is 0. The largest absolute Gasteiger partial charge is 0.417 e. The number of alkyl halides is 6. The second-order valence-corrected chi connectivity index (χ2v) is 4.10. The molecule has 2 rings (SSSR count). The molecule has 0 saturated carbocycles. The van der Waals surface area contributed by atoms with Crippen molar-refractivity contribution < 1.29 is 26.3 Å². The number of benzene rings is 1. The Balaban J connectivity index is 2.70. The second-order valence-electron chi connectivity index (χ2n) is 4.10. The van der Waals surface area contributed by atoms with Crippen LogP contribution in [0.2, 0.25) is 0 Å². The smallest absolute Gasteiger partial charge is 0.268 e. The summed E-state index contributed by atoms with van der Waals surface area (Å²) in [6.45, 7) is 0. The zero-order valence-corrected chi connectivity index (χ0v) is 10.0. The average molecular weight is 294 g/mol. The Morgan fingerprint density at radius 3 is 2.05 bits per heavy atom. The van der Waals surface area contributed by atoms with Crippen LogP contribution in [0.1, 0.15) is 11.1 Å². The first kappa shape index (κ1) is 14.4. The van der Waals surface area contributed by atoms with E-state index in [1.54, 1.807) is 0 Å². The Hall–Kier alpha value is -1.99. The minimum atomic E-state index is -4.75. The molecule has 0 spiro atoms. The van der Waals surface area contributed by atoms with Gasteiger partial charge < -0.3 is 0 Å². The van der Waals surface area contributed by atoms with Gasteiger partial charge in [0.25, 0.3) is 0 Å². The molecule has 8 heteroatoms. The van der Waals surface area contributed by atoms with Crippen molar-refractivity contribution >= 4 is 0 Å². The molecular formula is C12H8F6N2. The van der Waals surface area contributed by atoms with Crippen LogP contribution in [-0.4, -0.2) is 9.78 Å². The number of hydrogen-bond acceptors (Lipinski definition) is 1. The molecule has 2 aromatic rings. The van der Waals surface area contributed by atoms with E-state index in [-0.39, 0.29) is 5.69 Å². The third-order valence-electron chi connectivity index (χ3n) is 2.75. The molecule has 0 N–H and O–H groups in total. The second kappa shape index (κ2) is 4.53. The fourth-order valence-electron chi connectivity index (χ4n) is 1.82. The van der Waals surface area contributed by atoms with Gasteiger partial charge in [-0.2, -0.15) is 31.4 Å². The zero-order valence-electron chi connectivity index (χ0n) is 10.0. The van der Waals surface area contributed by atoms with Gasteiger partial charge in [-0.3, -0.25) is 4.68 Å². The molecule has 0 aliphatic carbocycles. The van der Waals surface area contributed by atoms with Crippen molar-refractivity contribution in [3.05, 3.63) is 41.6 Å². The van der Waals surface area contributed by atoms with Gasteiger partial charge in [0.05, 0.1) is 16.8 Å². The first-order chi connectivity index (χ1) is 9.10. The third kappa shape index (κ3) is 2.63. The number of halogens is 6. The fourth-order valence-corrected chi connectivity index (χ4v) is 1.82. The predicted molar refractivity (Wildman–Crippen MR) is 58.6 cm³/mol.